The Kier molecular flexibility index (Phi) is 6.80. The molecule has 6 nitrogen and oxygen atoms in total. The molecule has 0 aliphatic carbocycles. The normalized spacial score (nSPS) is 18.1. The largest absolute Gasteiger partial charge is 0.507 e. The van der Waals surface area contributed by atoms with Crippen LogP contribution in [0, 0.1) is 6.92 Å². The van der Waals surface area contributed by atoms with Gasteiger partial charge in [-0.15, -0.1) is 0 Å². The molecule has 0 unspecified atom stereocenters. The smallest absolute Gasteiger partial charge is 0.295 e. The third kappa shape index (κ3) is 4.20. The van der Waals surface area contributed by atoms with E-state index in [9.17, 15) is 14.7 Å². The van der Waals surface area contributed by atoms with Crippen LogP contribution in [0.25, 0.3) is 5.76 Å². The summed E-state index contributed by atoms with van der Waals surface area (Å²) < 4.78 is 10.4. The van der Waals surface area contributed by atoms with Gasteiger partial charge in [-0.05, 0) is 54.8 Å². The first-order valence-electron chi connectivity index (χ1n) is 9.56. The second kappa shape index (κ2) is 9.32. The van der Waals surface area contributed by atoms with Gasteiger partial charge in [0.25, 0.3) is 11.7 Å². The van der Waals surface area contributed by atoms with Gasteiger partial charge in [0.05, 0.1) is 18.7 Å². The molecule has 1 saturated heterocycles. The lowest BCUT2D eigenvalue weighted by atomic mass is 9.94. The van der Waals surface area contributed by atoms with Crippen molar-refractivity contribution in [3.63, 3.8) is 0 Å². The third-order valence-corrected chi connectivity index (χ3v) is 5.39. The molecular weight excluding hydrogens is 406 g/mol. The van der Waals surface area contributed by atoms with E-state index in [1.165, 1.54) is 4.90 Å². The molecule has 1 aliphatic rings. The number of aryl methyl sites for hydroxylation is 1. The number of aliphatic hydroxyl groups is 1. The highest BCUT2D eigenvalue weighted by atomic mass is 35.5. The van der Waals surface area contributed by atoms with Crippen molar-refractivity contribution in [2.24, 2.45) is 0 Å². The van der Waals surface area contributed by atoms with Gasteiger partial charge in [-0.3, -0.25) is 9.59 Å². The Hall–Kier alpha value is -2.83. The van der Waals surface area contributed by atoms with Gasteiger partial charge in [-0.25, -0.2) is 0 Å². The maximum absolute atomic E-state index is 12.9. The van der Waals surface area contributed by atoms with E-state index in [0.29, 0.717) is 41.5 Å². The first-order chi connectivity index (χ1) is 14.4. The molecule has 1 amide bonds. The van der Waals surface area contributed by atoms with E-state index in [4.69, 9.17) is 21.1 Å². The predicted octanol–water partition coefficient (Wildman–Crippen LogP) is 4.12. The highest BCUT2D eigenvalue weighted by Crippen LogP contribution is 2.40. The molecule has 1 N–H and O–H groups in total. The Morgan fingerprint density at radius 3 is 2.43 bits per heavy atom. The lowest BCUT2D eigenvalue weighted by molar-refractivity contribution is -0.140. The molecule has 1 fully saturated rings. The van der Waals surface area contributed by atoms with E-state index >= 15 is 0 Å². The van der Waals surface area contributed by atoms with Gasteiger partial charge >= 0.3 is 0 Å². The number of rotatable bonds is 7. The van der Waals surface area contributed by atoms with E-state index in [-0.39, 0.29) is 11.3 Å². The fraction of sp³-hybridized carbons (Fsp3) is 0.304. The van der Waals surface area contributed by atoms with Crippen LogP contribution in [0.3, 0.4) is 0 Å². The molecule has 1 heterocycles. The number of hydrogen-bond acceptors (Lipinski definition) is 5. The second-order valence-corrected chi connectivity index (χ2v) is 7.51. The molecule has 7 heteroatoms. The first-order valence-corrected chi connectivity index (χ1v) is 9.94. The molecule has 1 aliphatic heterocycles. The Bertz CT molecular complexity index is 984. The number of hydrogen-bond donors (Lipinski definition) is 1. The average molecular weight is 430 g/mol. The Balaban J connectivity index is 2.12. The van der Waals surface area contributed by atoms with E-state index in [2.05, 4.69) is 0 Å². The number of Topliss-reactive ketones (excluding diaryl/α,β-unsaturated/α-hetero) is 1. The summed E-state index contributed by atoms with van der Waals surface area (Å²) in [6, 6.07) is 11.3. The number of amides is 1. The number of carbonyl (C=O) groups excluding carboxylic acids is 2. The minimum Gasteiger partial charge on any atom is -0.507 e. The number of benzene rings is 2. The van der Waals surface area contributed by atoms with Crippen molar-refractivity contribution in [2.75, 3.05) is 27.4 Å². The summed E-state index contributed by atoms with van der Waals surface area (Å²) in [6.45, 7) is 2.62. The summed E-state index contributed by atoms with van der Waals surface area (Å²) in [7, 11) is 3.14. The average Bonchev–Trinajstić information content (AvgIpc) is 2.99. The van der Waals surface area contributed by atoms with E-state index in [1.54, 1.807) is 56.7 Å². The van der Waals surface area contributed by atoms with Gasteiger partial charge in [-0.1, -0.05) is 23.7 Å². The van der Waals surface area contributed by atoms with E-state index < -0.39 is 17.7 Å². The fourth-order valence-electron chi connectivity index (χ4n) is 3.66. The molecule has 1 atom stereocenters. The van der Waals surface area contributed by atoms with Crippen molar-refractivity contribution in [3.8, 4) is 5.75 Å². The summed E-state index contributed by atoms with van der Waals surface area (Å²) in [5.41, 5.74) is 2.01. The lowest BCUT2D eigenvalue weighted by Crippen LogP contribution is -2.31. The molecule has 0 aromatic heterocycles. The quantitative estimate of drug-likeness (QED) is 0.310. The molecule has 158 valence electrons. The minimum absolute atomic E-state index is 0.0595. The van der Waals surface area contributed by atoms with Gasteiger partial charge in [0, 0.05) is 30.8 Å². The highest BCUT2D eigenvalue weighted by Gasteiger charge is 2.45. The Morgan fingerprint density at radius 2 is 1.83 bits per heavy atom. The van der Waals surface area contributed by atoms with Crippen LogP contribution in [0.1, 0.15) is 29.2 Å². The second-order valence-electron chi connectivity index (χ2n) is 7.07. The van der Waals surface area contributed by atoms with Crippen LogP contribution in [0.4, 0.5) is 0 Å². The van der Waals surface area contributed by atoms with Crippen LogP contribution in [-0.2, 0) is 14.3 Å². The lowest BCUT2D eigenvalue weighted by Gasteiger charge is -2.25. The summed E-state index contributed by atoms with van der Waals surface area (Å²) in [6.07, 6.45) is 0.565. The number of ether oxygens (including phenoxy) is 2. The summed E-state index contributed by atoms with van der Waals surface area (Å²) in [5, 5.41) is 11.6. The van der Waals surface area contributed by atoms with Crippen LogP contribution in [0.15, 0.2) is 48.0 Å². The molecule has 0 bridgehead atoms. The molecule has 2 aromatic rings. The number of likely N-dealkylation sites (tertiary alicyclic amines) is 1. The van der Waals surface area contributed by atoms with Gasteiger partial charge in [-0.2, -0.15) is 0 Å². The van der Waals surface area contributed by atoms with Gasteiger partial charge < -0.3 is 19.5 Å². The maximum atomic E-state index is 12.9. The molecule has 0 radical (unpaired) electrons. The topological polar surface area (TPSA) is 76.1 Å². The number of aliphatic hydroxyl groups excluding tert-OH is 1. The van der Waals surface area contributed by atoms with Crippen molar-refractivity contribution in [1.82, 2.24) is 4.90 Å². The predicted molar refractivity (Wildman–Crippen MR) is 115 cm³/mol. The minimum atomic E-state index is -0.710. The summed E-state index contributed by atoms with van der Waals surface area (Å²) in [5.74, 6) is -0.898. The Morgan fingerprint density at radius 1 is 1.13 bits per heavy atom. The number of nitrogens with zero attached hydrogens (tertiary/aromatic N) is 1. The van der Waals surface area contributed by atoms with E-state index in [1.807, 2.05) is 6.92 Å². The molecule has 0 saturated carbocycles. The molecule has 0 spiro atoms. The van der Waals surface area contributed by atoms with Gasteiger partial charge in [0.1, 0.15) is 11.5 Å². The van der Waals surface area contributed by atoms with Gasteiger partial charge in [0.15, 0.2) is 0 Å². The number of methoxy groups -OCH3 is 2. The standard InChI is InChI=1S/C23H24ClNO5/c1-14-13-16(7-10-18(14)30-3)21(26)19-20(15-5-8-17(24)9-6-15)25(11-4-12-29-2)23(28)22(19)27/h5-10,13,20,26H,4,11-12H2,1-3H3/t20-/m0/s1. The maximum Gasteiger partial charge on any atom is 0.295 e. The zero-order valence-electron chi connectivity index (χ0n) is 17.1. The van der Waals surface area contributed by atoms with Crippen LogP contribution < -0.4 is 4.74 Å². The Labute approximate surface area is 180 Å². The van der Waals surface area contributed by atoms with Crippen molar-refractivity contribution in [1.29, 1.82) is 0 Å². The number of halogens is 1. The molecular formula is C23H24ClNO5. The number of ketones is 1. The summed E-state index contributed by atoms with van der Waals surface area (Å²) in [4.78, 5) is 27.2. The fourth-order valence-corrected chi connectivity index (χ4v) is 3.79. The third-order valence-electron chi connectivity index (χ3n) is 5.14. The van der Waals surface area contributed by atoms with Crippen LogP contribution in [0.2, 0.25) is 5.02 Å². The van der Waals surface area contributed by atoms with Gasteiger partial charge in [0.2, 0.25) is 0 Å². The first kappa shape index (κ1) is 21.9. The molecule has 30 heavy (non-hydrogen) atoms. The van der Waals surface area contributed by atoms with Crippen molar-refractivity contribution < 1.29 is 24.2 Å². The van der Waals surface area contributed by atoms with Crippen molar-refractivity contribution in [2.45, 2.75) is 19.4 Å². The van der Waals surface area contributed by atoms with Crippen molar-refractivity contribution in [3.05, 3.63) is 69.8 Å². The monoisotopic (exact) mass is 429 g/mol. The number of carbonyl (C=O) groups is 2. The highest BCUT2D eigenvalue weighted by molar-refractivity contribution is 6.46. The van der Waals surface area contributed by atoms with Crippen LogP contribution in [0.5, 0.6) is 5.75 Å². The zero-order chi connectivity index (χ0) is 21.8. The van der Waals surface area contributed by atoms with Crippen molar-refractivity contribution >= 4 is 29.1 Å². The van der Waals surface area contributed by atoms with Crippen LogP contribution >= 0.6 is 11.6 Å². The molecule has 2 aromatic carbocycles. The zero-order valence-corrected chi connectivity index (χ0v) is 17.9. The van der Waals surface area contributed by atoms with Crippen LogP contribution in [-0.4, -0.2) is 49.1 Å². The molecule has 3 rings (SSSR count). The summed E-state index contributed by atoms with van der Waals surface area (Å²) >= 11 is 6.02. The SMILES string of the molecule is COCCCN1C(=O)C(=O)C(=C(O)c2ccc(OC)c(C)c2)[C@@H]1c1ccc(Cl)cc1. The van der Waals surface area contributed by atoms with E-state index in [0.717, 1.165) is 5.56 Å².